The van der Waals surface area contributed by atoms with Crippen LogP contribution in [-0.2, 0) is 12.6 Å². The summed E-state index contributed by atoms with van der Waals surface area (Å²) in [5, 5.41) is 0. The minimum atomic E-state index is -0.401. The predicted octanol–water partition coefficient (Wildman–Crippen LogP) is 2.08. The molecule has 4 heteroatoms. The highest BCUT2D eigenvalue weighted by Gasteiger charge is 2.16. The molecule has 1 unspecified atom stereocenters. The van der Waals surface area contributed by atoms with Gasteiger partial charge in [0.05, 0.1) is 6.61 Å². The quantitative estimate of drug-likeness (QED) is 0.568. The summed E-state index contributed by atoms with van der Waals surface area (Å²) in [7, 11) is 0. The lowest BCUT2D eigenvalue weighted by Gasteiger charge is -2.09. The Morgan fingerprint density at radius 3 is 2.55 bits per heavy atom. The average molecular weight is 272 g/mol. The van der Waals surface area contributed by atoms with Gasteiger partial charge in [0.1, 0.15) is 23.0 Å². The number of hydrogen-bond donors (Lipinski definition) is 0. The van der Waals surface area contributed by atoms with E-state index in [0.717, 1.165) is 6.42 Å². The van der Waals surface area contributed by atoms with Gasteiger partial charge in [0.2, 0.25) is 0 Å². The van der Waals surface area contributed by atoms with E-state index in [2.05, 4.69) is 0 Å². The highest BCUT2D eigenvalue weighted by atomic mass is 127. The van der Waals surface area contributed by atoms with Gasteiger partial charge in [0, 0.05) is 0 Å². The number of ether oxygens (including phenoxy) is 1. The van der Waals surface area contributed by atoms with Gasteiger partial charge in [-0.3, -0.25) is 0 Å². The summed E-state index contributed by atoms with van der Waals surface area (Å²) < 4.78 is 9.72. The van der Waals surface area contributed by atoms with E-state index in [4.69, 9.17) is 7.80 Å². The maximum Gasteiger partial charge on any atom is 0.336 e. The first-order valence-electron chi connectivity index (χ1n) is 3.70. The number of carbonyl (C=O) groups is 1. The lowest BCUT2D eigenvalue weighted by Crippen LogP contribution is -2.23. The monoisotopic (exact) mass is 272 g/mol. The zero-order chi connectivity index (χ0) is 8.69. The zero-order valence-corrected chi connectivity index (χ0v) is 8.96. The van der Waals surface area contributed by atoms with E-state index in [1.54, 1.807) is 23.0 Å². The van der Waals surface area contributed by atoms with Crippen molar-refractivity contribution in [3.05, 3.63) is 0 Å². The third-order valence-corrected chi connectivity index (χ3v) is 1.80. The summed E-state index contributed by atoms with van der Waals surface area (Å²) in [6, 6.07) is 0. The normalized spacial score (nSPS) is 12.6. The molecule has 11 heavy (non-hydrogen) atoms. The smallest absolute Gasteiger partial charge is 0.336 e. The van der Waals surface area contributed by atoms with Gasteiger partial charge in [-0.05, 0) is 12.8 Å². The van der Waals surface area contributed by atoms with Crippen LogP contribution in [0.15, 0.2) is 0 Å². The van der Waals surface area contributed by atoms with Crippen LogP contribution < -0.4 is 0 Å². The Bertz CT molecular complexity index is 112. The molecule has 0 saturated carbocycles. The van der Waals surface area contributed by atoms with Crippen molar-refractivity contribution in [1.82, 2.24) is 0 Å². The van der Waals surface area contributed by atoms with Crippen LogP contribution in [0.5, 0.6) is 0 Å². The molecule has 0 N–H and O–H groups in total. The summed E-state index contributed by atoms with van der Waals surface area (Å²) in [4.78, 5) is 11.0. The standard InChI is InChI=1S/C7H13IO3/c1-3-5-10-7(9)6(4-2)11-8/h6H,3-5H2,1-2H3. The molecule has 0 fully saturated rings. The molecule has 0 aliphatic rings. The third-order valence-electron chi connectivity index (χ3n) is 1.19. The Morgan fingerprint density at radius 1 is 1.55 bits per heavy atom. The van der Waals surface area contributed by atoms with Gasteiger partial charge in [0.25, 0.3) is 0 Å². The fourth-order valence-corrected chi connectivity index (χ4v) is 1.13. The molecule has 0 aromatic rings. The second-order valence-corrected chi connectivity index (χ2v) is 2.66. The second-order valence-electron chi connectivity index (χ2n) is 2.15. The van der Waals surface area contributed by atoms with Crippen LogP contribution in [-0.4, -0.2) is 18.7 Å². The maximum absolute atomic E-state index is 11.0. The van der Waals surface area contributed by atoms with E-state index in [1.165, 1.54) is 0 Å². The molecule has 0 rings (SSSR count). The summed E-state index contributed by atoms with van der Waals surface area (Å²) in [6.07, 6.45) is 1.11. The van der Waals surface area contributed by atoms with Crippen molar-refractivity contribution in [3.63, 3.8) is 0 Å². The lowest BCUT2D eigenvalue weighted by molar-refractivity contribution is -0.150. The van der Waals surface area contributed by atoms with Crippen LogP contribution in [0.1, 0.15) is 26.7 Å². The zero-order valence-electron chi connectivity index (χ0n) is 6.80. The Labute approximate surface area is 81.1 Å². The summed E-state index contributed by atoms with van der Waals surface area (Å²) in [5.74, 6) is -0.260. The second kappa shape index (κ2) is 6.84. The van der Waals surface area contributed by atoms with Crippen LogP contribution >= 0.6 is 23.0 Å². The molecule has 0 aromatic carbocycles. The lowest BCUT2D eigenvalue weighted by atomic mass is 10.3. The van der Waals surface area contributed by atoms with Gasteiger partial charge >= 0.3 is 5.97 Å². The predicted molar refractivity (Wildman–Crippen MR) is 50.4 cm³/mol. The molecular weight excluding hydrogens is 259 g/mol. The highest BCUT2D eigenvalue weighted by Crippen LogP contribution is 2.05. The first-order chi connectivity index (χ1) is 5.26. The fourth-order valence-electron chi connectivity index (χ4n) is 0.562. The highest BCUT2D eigenvalue weighted by molar-refractivity contribution is 14.1. The van der Waals surface area contributed by atoms with Crippen molar-refractivity contribution >= 4 is 29.0 Å². The van der Waals surface area contributed by atoms with Gasteiger partial charge in [0.15, 0.2) is 6.10 Å². The molecule has 0 amide bonds. The van der Waals surface area contributed by atoms with E-state index in [-0.39, 0.29) is 5.97 Å². The minimum absolute atomic E-state index is 0.260. The van der Waals surface area contributed by atoms with E-state index in [0.29, 0.717) is 13.0 Å². The van der Waals surface area contributed by atoms with Gasteiger partial charge in [-0.15, -0.1) is 0 Å². The van der Waals surface area contributed by atoms with Crippen LogP contribution in [0, 0.1) is 0 Å². The average Bonchev–Trinajstić information content (AvgIpc) is 2.03. The van der Waals surface area contributed by atoms with Gasteiger partial charge in [-0.25, -0.2) is 4.79 Å². The van der Waals surface area contributed by atoms with Crippen LogP contribution in [0.3, 0.4) is 0 Å². The number of esters is 1. The maximum atomic E-state index is 11.0. The molecule has 3 nitrogen and oxygen atoms in total. The minimum Gasteiger partial charge on any atom is -0.464 e. The SMILES string of the molecule is CCCOC(=O)C(CC)OI. The number of rotatable bonds is 5. The Hall–Kier alpha value is 0.160. The Morgan fingerprint density at radius 2 is 2.18 bits per heavy atom. The van der Waals surface area contributed by atoms with Crippen molar-refractivity contribution in [2.45, 2.75) is 32.8 Å². The summed E-state index contributed by atoms with van der Waals surface area (Å²) in [6.45, 7) is 4.32. The Balaban J connectivity index is 3.61. The molecular formula is C7H13IO3. The van der Waals surface area contributed by atoms with Gasteiger partial charge in [-0.1, -0.05) is 13.8 Å². The molecule has 0 radical (unpaired) electrons. The summed E-state index contributed by atoms with van der Waals surface area (Å²) >= 11 is 1.72. The van der Waals surface area contributed by atoms with Crippen molar-refractivity contribution in [1.29, 1.82) is 0 Å². The third kappa shape index (κ3) is 4.58. The molecule has 0 spiro atoms. The first-order valence-corrected chi connectivity index (χ1v) is 4.58. The van der Waals surface area contributed by atoms with Crippen molar-refractivity contribution < 1.29 is 12.6 Å². The summed E-state index contributed by atoms with van der Waals surface area (Å²) in [5.41, 5.74) is 0. The molecule has 0 aromatic heterocycles. The molecule has 0 heterocycles. The number of hydrogen-bond acceptors (Lipinski definition) is 3. The topological polar surface area (TPSA) is 35.5 Å². The molecule has 0 aliphatic carbocycles. The molecule has 0 bridgehead atoms. The largest absolute Gasteiger partial charge is 0.464 e. The van der Waals surface area contributed by atoms with E-state index in [9.17, 15) is 4.79 Å². The van der Waals surface area contributed by atoms with E-state index >= 15 is 0 Å². The fraction of sp³-hybridized carbons (Fsp3) is 0.857. The molecule has 0 aliphatic heterocycles. The van der Waals surface area contributed by atoms with Crippen LogP contribution in [0.4, 0.5) is 0 Å². The molecule has 1 atom stereocenters. The Kier molecular flexibility index (Phi) is 6.94. The number of halogens is 1. The van der Waals surface area contributed by atoms with Crippen molar-refractivity contribution in [2.24, 2.45) is 0 Å². The molecule has 66 valence electrons. The first kappa shape index (κ1) is 11.2. The van der Waals surface area contributed by atoms with Crippen LogP contribution in [0.25, 0.3) is 0 Å². The van der Waals surface area contributed by atoms with Crippen molar-refractivity contribution in [3.8, 4) is 0 Å². The van der Waals surface area contributed by atoms with Crippen LogP contribution in [0.2, 0.25) is 0 Å². The van der Waals surface area contributed by atoms with Gasteiger partial charge in [-0.2, -0.15) is 0 Å². The number of carbonyl (C=O) groups excluding carboxylic acids is 1. The van der Waals surface area contributed by atoms with Crippen molar-refractivity contribution in [2.75, 3.05) is 6.61 Å². The van der Waals surface area contributed by atoms with E-state index in [1.807, 2.05) is 13.8 Å². The molecule has 0 saturated heterocycles. The van der Waals surface area contributed by atoms with E-state index < -0.39 is 6.10 Å². The van der Waals surface area contributed by atoms with Gasteiger partial charge < -0.3 is 7.80 Å².